The lowest BCUT2D eigenvalue weighted by Gasteiger charge is -2.12. The minimum Gasteiger partial charge on any atom is -0.376 e. The molecule has 0 saturated heterocycles. The SMILES string of the molecule is CC(=O)Nc1cccc(NCc2nc(-c3ccsc3)no2)c1C. The van der Waals surface area contributed by atoms with Crippen LogP contribution in [0.15, 0.2) is 39.5 Å². The second-order valence-electron chi connectivity index (χ2n) is 5.04. The quantitative estimate of drug-likeness (QED) is 0.747. The highest BCUT2D eigenvalue weighted by atomic mass is 32.1. The normalized spacial score (nSPS) is 10.5. The van der Waals surface area contributed by atoms with Crippen molar-refractivity contribution in [1.29, 1.82) is 0 Å². The molecule has 2 N–H and O–H groups in total. The lowest BCUT2D eigenvalue weighted by atomic mass is 10.1. The molecule has 1 aromatic carbocycles. The van der Waals surface area contributed by atoms with Gasteiger partial charge in [0.2, 0.25) is 17.6 Å². The Kier molecular flexibility index (Phi) is 4.38. The number of carbonyl (C=O) groups is 1. The molecule has 2 aromatic heterocycles. The number of hydrogen-bond acceptors (Lipinski definition) is 6. The van der Waals surface area contributed by atoms with Crippen LogP contribution in [0.3, 0.4) is 0 Å². The van der Waals surface area contributed by atoms with Crippen molar-refractivity contribution in [3.63, 3.8) is 0 Å². The summed E-state index contributed by atoms with van der Waals surface area (Å²) < 4.78 is 5.26. The molecule has 3 aromatic rings. The zero-order valence-electron chi connectivity index (χ0n) is 12.8. The van der Waals surface area contributed by atoms with E-state index in [1.54, 1.807) is 11.3 Å². The summed E-state index contributed by atoms with van der Waals surface area (Å²) in [6, 6.07) is 7.64. The Bertz CT molecular complexity index is 811. The van der Waals surface area contributed by atoms with Crippen LogP contribution in [0.25, 0.3) is 11.4 Å². The van der Waals surface area contributed by atoms with E-state index in [0.717, 1.165) is 22.5 Å². The number of nitrogens with one attached hydrogen (secondary N) is 2. The zero-order valence-corrected chi connectivity index (χ0v) is 13.6. The molecule has 0 aliphatic heterocycles. The van der Waals surface area contributed by atoms with E-state index in [1.807, 2.05) is 41.9 Å². The second kappa shape index (κ2) is 6.62. The number of anilines is 2. The Morgan fingerprint density at radius 3 is 2.87 bits per heavy atom. The summed E-state index contributed by atoms with van der Waals surface area (Å²) in [7, 11) is 0. The number of benzene rings is 1. The zero-order chi connectivity index (χ0) is 16.2. The molecule has 1 amide bonds. The molecule has 118 valence electrons. The summed E-state index contributed by atoms with van der Waals surface area (Å²) in [5, 5.41) is 14.0. The van der Waals surface area contributed by atoms with Gasteiger partial charge >= 0.3 is 0 Å². The summed E-state index contributed by atoms with van der Waals surface area (Å²) in [5.74, 6) is 1.00. The van der Waals surface area contributed by atoms with Crippen molar-refractivity contribution in [3.05, 3.63) is 46.5 Å². The number of rotatable bonds is 5. The van der Waals surface area contributed by atoms with Gasteiger partial charge in [-0.25, -0.2) is 0 Å². The summed E-state index contributed by atoms with van der Waals surface area (Å²) in [4.78, 5) is 15.6. The molecular formula is C16H16N4O2S. The Morgan fingerprint density at radius 2 is 2.13 bits per heavy atom. The third kappa shape index (κ3) is 3.57. The molecule has 6 nitrogen and oxygen atoms in total. The second-order valence-corrected chi connectivity index (χ2v) is 5.82. The fourth-order valence-corrected chi connectivity index (χ4v) is 2.79. The van der Waals surface area contributed by atoms with E-state index < -0.39 is 0 Å². The predicted molar refractivity (Wildman–Crippen MR) is 90.4 cm³/mol. The van der Waals surface area contributed by atoms with Crippen molar-refractivity contribution in [1.82, 2.24) is 10.1 Å². The predicted octanol–water partition coefficient (Wildman–Crippen LogP) is 3.68. The first-order valence-corrected chi connectivity index (χ1v) is 8.04. The van der Waals surface area contributed by atoms with Crippen molar-refractivity contribution < 1.29 is 9.32 Å². The number of carbonyl (C=O) groups excluding carboxylic acids is 1. The molecule has 0 bridgehead atoms. The molecule has 0 aliphatic rings. The molecular weight excluding hydrogens is 312 g/mol. The van der Waals surface area contributed by atoms with Crippen LogP contribution < -0.4 is 10.6 Å². The smallest absolute Gasteiger partial charge is 0.246 e. The van der Waals surface area contributed by atoms with Crippen LogP contribution in [-0.4, -0.2) is 16.0 Å². The van der Waals surface area contributed by atoms with Gasteiger partial charge in [-0.2, -0.15) is 16.3 Å². The van der Waals surface area contributed by atoms with Crippen LogP contribution in [0.1, 0.15) is 18.4 Å². The van der Waals surface area contributed by atoms with E-state index in [4.69, 9.17) is 4.52 Å². The van der Waals surface area contributed by atoms with Crippen LogP contribution in [0.4, 0.5) is 11.4 Å². The highest BCUT2D eigenvalue weighted by Crippen LogP contribution is 2.24. The Balaban J connectivity index is 1.70. The Morgan fingerprint density at radius 1 is 1.30 bits per heavy atom. The van der Waals surface area contributed by atoms with E-state index in [-0.39, 0.29) is 5.91 Å². The van der Waals surface area contributed by atoms with Crippen molar-refractivity contribution in [2.45, 2.75) is 20.4 Å². The summed E-state index contributed by atoms with van der Waals surface area (Å²) >= 11 is 1.59. The standard InChI is InChI=1S/C16H16N4O2S/c1-10-13(4-3-5-14(10)18-11(2)21)17-8-15-19-16(20-22-15)12-6-7-23-9-12/h3-7,9,17H,8H2,1-2H3,(H,18,21). The van der Waals surface area contributed by atoms with Crippen molar-refractivity contribution in [2.24, 2.45) is 0 Å². The lowest BCUT2D eigenvalue weighted by molar-refractivity contribution is -0.114. The number of nitrogens with zero attached hydrogens (tertiary/aromatic N) is 2. The molecule has 0 aliphatic carbocycles. The fraction of sp³-hybridized carbons (Fsp3) is 0.188. The van der Waals surface area contributed by atoms with Gasteiger partial charge < -0.3 is 15.2 Å². The van der Waals surface area contributed by atoms with Gasteiger partial charge in [0.05, 0.1) is 6.54 Å². The van der Waals surface area contributed by atoms with Crippen LogP contribution >= 0.6 is 11.3 Å². The van der Waals surface area contributed by atoms with Gasteiger partial charge in [-0.3, -0.25) is 4.79 Å². The Hall–Kier alpha value is -2.67. The molecule has 0 spiro atoms. The van der Waals surface area contributed by atoms with E-state index in [2.05, 4.69) is 20.8 Å². The molecule has 0 fully saturated rings. The largest absolute Gasteiger partial charge is 0.376 e. The molecule has 0 atom stereocenters. The van der Waals surface area contributed by atoms with Gasteiger partial charge in [-0.05, 0) is 36.1 Å². The lowest BCUT2D eigenvalue weighted by Crippen LogP contribution is -2.09. The van der Waals surface area contributed by atoms with Crippen molar-refractivity contribution in [3.8, 4) is 11.4 Å². The highest BCUT2D eigenvalue weighted by Gasteiger charge is 2.10. The van der Waals surface area contributed by atoms with E-state index in [9.17, 15) is 4.79 Å². The topological polar surface area (TPSA) is 80.0 Å². The maximum atomic E-state index is 11.2. The fourth-order valence-electron chi connectivity index (χ4n) is 2.16. The highest BCUT2D eigenvalue weighted by molar-refractivity contribution is 7.08. The van der Waals surface area contributed by atoms with Gasteiger partial charge in [0.25, 0.3) is 0 Å². The van der Waals surface area contributed by atoms with Gasteiger partial charge in [-0.15, -0.1) is 0 Å². The number of aromatic nitrogens is 2. The first kappa shape index (κ1) is 15.2. The minimum absolute atomic E-state index is 0.0949. The molecule has 0 saturated carbocycles. The monoisotopic (exact) mass is 328 g/mol. The third-order valence-corrected chi connectivity index (χ3v) is 4.01. The number of thiophene rings is 1. The molecule has 7 heteroatoms. The van der Waals surface area contributed by atoms with E-state index in [0.29, 0.717) is 18.3 Å². The van der Waals surface area contributed by atoms with Crippen LogP contribution in [0, 0.1) is 6.92 Å². The van der Waals surface area contributed by atoms with E-state index in [1.165, 1.54) is 6.92 Å². The summed E-state index contributed by atoms with van der Waals surface area (Å²) in [5.41, 5.74) is 3.60. The van der Waals surface area contributed by atoms with Crippen LogP contribution in [-0.2, 0) is 11.3 Å². The average molecular weight is 328 g/mol. The van der Waals surface area contributed by atoms with Gasteiger partial charge in [0.15, 0.2) is 0 Å². The number of amides is 1. The molecule has 2 heterocycles. The average Bonchev–Trinajstić information content (AvgIpc) is 3.18. The summed E-state index contributed by atoms with van der Waals surface area (Å²) in [6.45, 7) is 3.85. The number of hydrogen-bond donors (Lipinski definition) is 2. The maximum Gasteiger partial charge on any atom is 0.246 e. The van der Waals surface area contributed by atoms with Crippen LogP contribution in [0.5, 0.6) is 0 Å². The molecule has 23 heavy (non-hydrogen) atoms. The Labute approximate surface area is 137 Å². The van der Waals surface area contributed by atoms with Gasteiger partial charge in [0.1, 0.15) is 0 Å². The van der Waals surface area contributed by atoms with Gasteiger partial charge in [-0.1, -0.05) is 11.2 Å². The summed E-state index contributed by atoms with van der Waals surface area (Å²) in [6.07, 6.45) is 0. The molecule has 3 rings (SSSR count). The molecule has 0 unspecified atom stereocenters. The minimum atomic E-state index is -0.0949. The van der Waals surface area contributed by atoms with Crippen LogP contribution in [0.2, 0.25) is 0 Å². The van der Waals surface area contributed by atoms with E-state index >= 15 is 0 Å². The third-order valence-electron chi connectivity index (χ3n) is 3.32. The first-order valence-electron chi connectivity index (χ1n) is 7.09. The maximum absolute atomic E-state index is 11.2. The van der Waals surface area contributed by atoms with Crippen molar-refractivity contribution in [2.75, 3.05) is 10.6 Å². The molecule has 0 radical (unpaired) electrons. The first-order chi connectivity index (χ1) is 11.1. The van der Waals surface area contributed by atoms with Gasteiger partial charge in [0, 0.05) is 29.2 Å². The van der Waals surface area contributed by atoms with Crippen molar-refractivity contribution >= 4 is 28.6 Å².